The number of nitrogen functional groups attached to an aromatic ring is 1. The molecule has 0 bridgehead atoms. The fourth-order valence-electron chi connectivity index (χ4n) is 3.85. The number of aliphatic hydroxyl groups is 2. The third-order valence-electron chi connectivity index (χ3n) is 5.25. The van der Waals surface area contributed by atoms with Crippen LogP contribution in [-0.4, -0.2) is 49.0 Å². The highest BCUT2D eigenvalue weighted by molar-refractivity contribution is 6.30. The molecule has 170 valence electrons. The van der Waals surface area contributed by atoms with Crippen LogP contribution in [0.5, 0.6) is 0 Å². The summed E-state index contributed by atoms with van der Waals surface area (Å²) in [6, 6.07) is 3.61. The van der Waals surface area contributed by atoms with Crippen molar-refractivity contribution >= 4 is 34.6 Å². The molecule has 9 nitrogen and oxygen atoms in total. The Morgan fingerprint density at radius 1 is 1.34 bits per heavy atom. The molecule has 0 amide bonds. The van der Waals surface area contributed by atoms with E-state index < -0.39 is 48.2 Å². The van der Waals surface area contributed by atoms with E-state index in [1.165, 1.54) is 16.7 Å². The number of nitrogens with zero attached hydrogens (tertiary/aromatic N) is 3. The molecule has 1 fully saturated rings. The van der Waals surface area contributed by atoms with Gasteiger partial charge >= 0.3 is 5.97 Å². The standard InChI is InChI=1S/C20H19ClF2N4O5/c1-7-13-12(23)6-27(18(13)26-20(24)25-7)19-17(31-8(2)28)15(30)16(32-19)14(29)9-3-4-10(21)11(22)5-9/h3-6,14-17,19,29-30H,1-2H3,(H2,24,25,26)/t14-,15-,16-,17-,19-/m1/s1. The highest BCUT2D eigenvalue weighted by Crippen LogP contribution is 2.40. The van der Waals surface area contributed by atoms with Crippen molar-refractivity contribution in [1.29, 1.82) is 0 Å². The number of ether oxygens (including phenoxy) is 2. The second-order valence-electron chi connectivity index (χ2n) is 7.42. The van der Waals surface area contributed by atoms with Gasteiger partial charge in [0.2, 0.25) is 5.95 Å². The van der Waals surface area contributed by atoms with Crippen molar-refractivity contribution in [2.45, 2.75) is 44.5 Å². The molecule has 0 aliphatic carbocycles. The molecule has 3 heterocycles. The third-order valence-corrected chi connectivity index (χ3v) is 5.55. The fourth-order valence-corrected chi connectivity index (χ4v) is 3.97. The van der Waals surface area contributed by atoms with E-state index in [0.717, 1.165) is 19.2 Å². The topological polar surface area (TPSA) is 133 Å². The largest absolute Gasteiger partial charge is 0.455 e. The van der Waals surface area contributed by atoms with Crippen molar-refractivity contribution in [2.75, 3.05) is 5.73 Å². The Kier molecular flexibility index (Phi) is 5.76. The molecule has 32 heavy (non-hydrogen) atoms. The summed E-state index contributed by atoms with van der Waals surface area (Å²) >= 11 is 5.68. The van der Waals surface area contributed by atoms with Gasteiger partial charge < -0.3 is 25.4 Å². The second-order valence-corrected chi connectivity index (χ2v) is 7.83. The number of fused-ring (bicyclic) bond motifs is 1. The molecule has 4 rings (SSSR count). The van der Waals surface area contributed by atoms with Gasteiger partial charge in [-0.15, -0.1) is 0 Å². The molecule has 3 aromatic rings. The van der Waals surface area contributed by atoms with Gasteiger partial charge in [-0.25, -0.2) is 13.8 Å². The number of aromatic nitrogens is 3. The Bertz CT molecular complexity index is 1210. The SMILES string of the molecule is CC(=O)O[C@@H]1[C@H](O)[C@@H]([C@H](O)c2ccc(Cl)c(F)c2)O[C@H]1n1cc(F)c2c(C)nc(N)nc21. The van der Waals surface area contributed by atoms with Gasteiger partial charge in [0.05, 0.1) is 16.1 Å². The molecule has 2 aromatic heterocycles. The molecule has 1 aliphatic rings. The Labute approximate surface area is 185 Å². The van der Waals surface area contributed by atoms with Crippen molar-refractivity contribution in [2.24, 2.45) is 0 Å². The molecule has 1 aromatic carbocycles. The lowest BCUT2D eigenvalue weighted by atomic mass is 9.99. The van der Waals surface area contributed by atoms with Gasteiger partial charge in [-0.2, -0.15) is 4.98 Å². The van der Waals surface area contributed by atoms with Crippen LogP contribution in [0.15, 0.2) is 24.4 Å². The van der Waals surface area contributed by atoms with E-state index in [1.54, 1.807) is 6.92 Å². The summed E-state index contributed by atoms with van der Waals surface area (Å²) in [6.07, 6.45) is -5.98. The summed E-state index contributed by atoms with van der Waals surface area (Å²) in [7, 11) is 0. The fraction of sp³-hybridized carbons (Fsp3) is 0.350. The minimum Gasteiger partial charge on any atom is -0.455 e. The van der Waals surface area contributed by atoms with Crippen molar-refractivity contribution in [3.05, 3.63) is 52.3 Å². The van der Waals surface area contributed by atoms with Crippen LogP contribution in [0, 0.1) is 18.6 Å². The van der Waals surface area contributed by atoms with E-state index in [-0.39, 0.29) is 33.3 Å². The number of carbonyl (C=O) groups excluding carboxylic acids is 1. The molecule has 1 aliphatic heterocycles. The van der Waals surface area contributed by atoms with E-state index in [4.69, 9.17) is 26.8 Å². The molecule has 1 saturated heterocycles. The maximum Gasteiger partial charge on any atom is 0.303 e. The van der Waals surface area contributed by atoms with Crippen LogP contribution in [0.25, 0.3) is 11.0 Å². The Balaban J connectivity index is 1.77. The third kappa shape index (κ3) is 3.77. The number of aryl methyl sites for hydroxylation is 1. The molecule has 0 spiro atoms. The Morgan fingerprint density at radius 3 is 2.72 bits per heavy atom. The molecule has 0 radical (unpaired) electrons. The number of benzene rings is 1. The Morgan fingerprint density at radius 2 is 2.06 bits per heavy atom. The predicted molar refractivity (Wildman–Crippen MR) is 108 cm³/mol. The minimum absolute atomic E-state index is 0.0505. The lowest BCUT2D eigenvalue weighted by Crippen LogP contribution is -2.37. The maximum atomic E-state index is 14.7. The van der Waals surface area contributed by atoms with Gasteiger partial charge in [0.15, 0.2) is 23.8 Å². The van der Waals surface area contributed by atoms with E-state index in [2.05, 4.69) is 9.97 Å². The monoisotopic (exact) mass is 468 g/mol. The summed E-state index contributed by atoms with van der Waals surface area (Å²) < 4.78 is 40.8. The smallest absolute Gasteiger partial charge is 0.303 e. The molecular weight excluding hydrogens is 450 g/mol. The first-order valence-electron chi connectivity index (χ1n) is 9.52. The number of hydrogen-bond donors (Lipinski definition) is 3. The molecule has 12 heteroatoms. The summed E-state index contributed by atoms with van der Waals surface area (Å²) in [5.41, 5.74) is 6.10. The van der Waals surface area contributed by atoms with E-state index in [1.807, 2.05) is 0 Å². The first kappa shape index (κ1) is 22.3. The number of nitrogens with two attached hydrogens (primary N) is 1. The van der Waals surface area contributed by atoms with E-state index >= 15 is 0 Å². The molecule has 5 atom stereocenters. The number of carbonyl (C=O) groups is 1. The van der Waals surface area contributed by atoms with Crippen LogP contribution < -0.4 is 5.73 Å². The van der Waals surface area contributed by atoms with Gasteiger partial charge in [0.1, 0.15) is 24.1 Å². The van der Waals surface area contributed by atoms with Crippen molar-refractivity contribution < 1.29 is 33.3 Å². The number of halogens is 3. The number of rotatable bonds is 4. The number of anilines is 1. The van der Waals surface area contributed by atoms with E-state index in [9.17, 15) is 23.8 Å². The summed E-state index contributed by atoms with van der Waals surface area (Å²) in [5, 5.41) is 21.5. The van der Waals surface area contributed by atoms with Crippen molar-refractivity contribution in [3.63, 3.8) is 0 Å². The summed E-state index contributed by atoms with van der Waals surface area (Å²) in [4.78, 5) is 19.7. The minimum atomic E-state index is -1.54. The first-order valence-corrected chi connectivity index (χ1v) is 9.90. The van der Waals surface area contributed by atoms with E-state index in [0.29, 0.717) is 0 Å². The lowest BCUT2D eigenvalue weighted by Gasteiger charge is -2.22. The van der Waals surface area contributed by atoms with Crippen LogP contribution >= 0.6 is 11.6 Å². The molecule has 4 N–H and O–H groups in total. The normalized spacial score (nSPS) is 24.1. The van der Waals surface area contributed by atoms with Gasteiger partial charge in [0, 0.05) is 13.1 Å². The highest BCUT2D eigenvalue weighted by atomic mass is 35.5. The quantitative estimate of drug-likeness (QED) is 0.496. The van der Waals surface area contributed by atoms with Crippen LogP contribution in [0.3, 0.4) is 0 Å². The number of hydrogen-bond acceptors (Lipinski definition) is 8. The zero-order valence-corrected chi connectivity index (χ0v) is 17.6. The molecular formula is C20H19ClF2N4O5. The average molecular weight is 469 g/mol. The van der Waals surface area contributed by atoms with Gasteiger partial charge in [-0.3, -0.25) is 9.36 Å². The summed E-state index contributed by atoms with van der Waals surface area (Å²) in [6.45, 7) is 2.67. The molecule has 0 unspecified atom stereocenters. The lowest BCUT2D eigenvalue weighted by molar-refractivity contribution is -0.155. The van der Waals surface area contributed by atoms with Crippen LogP contribution in [0.4, 0.5) is 14.7 Å². The number of esters is 1. The average Bonchev–Trinajstić information content (AvgIpc) is 3.20. The number of aliphatic hydroxyl groups excluding tert-OH is 2. The van der Waals surface area contributed by atoms with Gasteiger partial charge in [-0.05, 0) is 24.6 Å². The molecule has 0 saturated carbocycles. The van der Waals surface area contributed by atoms with Crippen molar-refractivity contribution in [1.82, 2.24) is 14.5 Å². The van der Waals surface area contributed by atoms with Crippen LogP contribution in [0.2, 0.25) is 5.02 Å². The predicted octanol–water partition coefficient (Wildman–Crippen LogP) is 2.18. The summed E-state index contributed by atoms with van der Waals surface area (Å²) in [5.74, 6) is -2.31. The Hall–Kier alpha value is -2.86. The first-order chi connectivity index (χ1) is 15.1. The van der Waals surface area contributed by atoms with Crippen LogP contribution in [0.1, 0.15) is 30.5 Å². The second kappa shape index (κ2) is 8.24. The zero-order valence-electron chi connectivity index (χ0n) is 16.9. The zero-order chi connectivity index (χ0) is 23.3. The van der Waals surface area contributed by atoms with Gasteiger partial charge in [-0.1, -0.05) is 17.7 Å². The van der Waals surface area contributed by atoms with Crippen LogP contribution in [-0.2, 0) is 14.3 Å². The van der Waals surface area contributed by atoms with Crippen molar-refractivity contribution in [3.8, 4) is 0 Å². The highest BCUT2D eigenvalue weighted by Gasteiger charge is 2.50. The van der Waals surface area contributed by atoms with Gasteiger partial charge in [0.25, 0.3) is 0 Å². The maximum absolute atomic E-state index is 14.7.